The lowest BCUT2D eigenvalue weighted by Gasteiger charge is -2.26. The van der Waals surface area contributed by atoms with Crippen molar-refractivity contribution in [2.45, 2.75) is 0 Å². The van der Waals surface area contributed by atoms with E-state index in [0.717, 1.165) is 41.5 Å². The highest BCUT2D eigenvalue weighted by molar-refractivity contribution is 7.17. The normalized spacial score (nSPS) is 15.3. The molecule has 0 atom stereocenters. The number of rotatable bonds is 2. The van der Waals surface area contributed by atoms with Gasteiger partial charge in [-0.25, -0.2) is 4.39 Å². The number of thiophene rings is 1. The summed E-state index contributed by atoms with van der Waals surface area (Å²) in [5.41, 5.74) is 0.941. The van der Waals surface area contributed by atoms with Crippen LogP contribution in [0.3, 0.4) is 0 Å². The van der Waals surface area contributed by atoms with E-state index in [1.165, 1.54) is 23.5 Å². The van der Waals surface area contributed by atoms with Crippen LogP contribution in [0.15, 0.2) is 36.4 Å². The van der Waals surface area contributed by atoms with Crippen molar-refractivity contribution in [2.75, 3.05) is 26.2 Å². The number of halogens is 1. The Balaban J connectivity index is 1.79. The topological polar surface area (TPSA) is 32.3 Å². The van der Waals surface area contributed by atoms with E-state index in [1.807, 2.05) is 17.0 Å². The van der Waals surface area contributed by atoms with Crippen molar-refractivity contribution in [1.82, 2.24) is 10.2 Å². The lowest BCUT2D eigenvalue weighted by Crippen LogP contribution is -2.46. The smallest absolute Gasteiger partial charge is 0.264 e. The molecule has 1 N–H and O–H groups in total. The molecule has 0 saturated carbocycles. The lowest BCUT2D eigenvalue weighted by molar-refractivity contribution is 0.0740. The maximum Gasteiger partial charge on any atom is 0.264 e. The molecule has 2 aromatic rings. The highest BCUT2D eigenvalue weighted by Crippen LogP contribution is 2.29. The first kappa shape index (κ1) is 13.3. The van der Waals surface area contributed by atoms with Crippen molar-refractivity contribution >= 4 is 17.2 Å². The monoisotopic (exact) mass is 290 g/mol. The van der Waals surface area contributed by atoms with Crippen LogP contribution in [-0.4, -0.2) is 37.0 Å². The Morgan fingerprint density at radius 3 is 2.50 bits per heavy atom. The number of piperazine rings is 1. The van der Waals surface area contributed by atoms with Crippen molar-refractivity contribution in [2.24, 2.45) is 0 Å². The first-order valence-corrected chi connectivity index (χ1v) is 7.41. The van der Waals surface area contributed by atoms with Crippen molar-refractivity contribution in [1.29, 1.82) is 0 Å². The van der Waals surface area contributed by atoms with Gasteiger partial charge in [0.05, 0.1) is 4.88 Å². The molecule has 3 rings (SSSR count). The van der Waals surface area contributed by atoms with Crippen LogP contribution in [0.5, 0.6) is 0 Å². The molecule has 0 aliphatic carbocycles. The number of carbonyl (C=O) groups excluding carboxylic acids is 1. The van der Waals surface area contributed by atoms with Crippen LogP contribution in [0, 0.1) is 5.82 Å². The third-order valence-electron chi connectivity index (χ3n) is 3.35. The summed E-state index contributed by atoms with van der Waals surface area (Å²) in [4.78, 5) is 16.0. The first-order chi connectivity index (χ1) is 9.74. The molecule has 104 valence electrons. The lowest BCUT2D eigenvalue weighted by atomic mass is 10.2. The molecule has 0 spiro atoms. The molecule has 3 nitrogen and oxygen atoms in total. The average molecular weight is 290 g/mol. The molecule has 1 aliphatic heterocycles. The molecular formula is C15H15FN2OS. The summed E-state index contributed by atoms with van der Waals surface area (Å²) in [6.45, 7) is 3.20. The summed E-state index contributed by atoms with van der Waals surface area (Å²) in [5, 5.41) is 3.23. The van der Waals surface area contributed by atoms with Crippen molar-refractivity contribution < 1.29 is 9.18 Å². The molecule has 1 aromatic heterocycles. The standard InChI is InChI=1S/C15H15FN2OS/c16-12-3-1-11(2-4-12)13-5-6-14(20-13)15(19)18-9-7-17-8-10-18/h1-6,17H,7-10H2. The summed E-state index contributed by atoms with van der Waals surface area (Å²) in [6, 6.07) is 10.1. The zero-order valence-corrected chi connectivity index (χ0v) is 11.8. The minimum atomic E-state index is -0.248. The molecule has 0 radical (unpaired) electrons. The van der Waals surface area contributed by atoms with Gasteiger partial charge in [-0.05, 0) is 29.8 Å². The number of nitrogens with zero attached hydrogens (tertiary/aromatic N) is 1. The zero-order valence-electron chi connectivity index (χ0n) is 10.9. The summed E-state index contributed by atoms with van der Waals surface area (Å²) in [5.74, 6) is -0.160. The summed E-state index contributed by atoms with van der Waals surface area (Å²) in [6.07, 6.45) is 0. The SMILES string of the molecule is O=C(c1ccc(-c2ccc(F)cc2)s1)N1CCNCC1. The van der Waals surface area contributed by atoms with Crippen LogP contribution in [0.2, 0.25) is 0 Å². The minimum Gasteiger partial charge on any atom is -0.335 e. The zero-order chi connectivity index (χ0) is 13.9. The number of hydrogen-bond donors (Lipinski definition) is 1. The van der Waals surface area contributed by atoms with Gasteiger partial charge in [0.15, 0.2) is 0 Å². The van der Waals surface area contributed by atoms with Gasteiger partial charge in [0.25, 0.3) is 5.91 Å². The van der Waals surface area contributed by atoms with Crippen LogP contribution < -0.4 is 5.32 Å². The van der Waals surface area contributed by atoms with Gasteiger partial charge >= 0.3 is 0 Å². The van der Waals surface area contributed by atoms with Gasteiger partial charge in [-0.2, -0.15) is 0 Å². The van der Waals surface area contributed by atoms with E-state index in [4.69, 9.17) is 0 Å². The van der Waals surface area contributed by atoms with E-state index in [-0.39, 0.29) is 11.7 Å². The second-order valence-electron chi connectivity index (χ2n) is 4.71. The molecule has 0 unspecified atom stereocenters. The van der Waals surface area contributed by atoms with Gasteiger partial charge < -0.3 is 10.2 Å². The fourth-order valence-electron chi connectivity index (χ4n) is 2.25. The first-order valence-electron chi connectivity index (χ1n) is 6.60. The van der Waals surface area contributed by atoms with Gasteiger partial charge in [-0.15, -0.1) is 11.3 Å². The van der Waals surface area contributed by atoms with Crippen LogP contribution >= 0.6 is 11.3 Å². The van der Waals surface area contributed by atoms with E-state index >= 15 is 0 Å². The second-order valence-corrected chi connectivity index (χ2v) is 5.80. The summed E-state index contributed by atoms with van der Waals surface area (Å²) >= 11 is 1.46. The molecule has 1 saturated heterocycles. The van der Waals surface area contributed by atoms with E-state index in [0.29, 0.717) is 0 Å². The quantitative estimate of drug-likeness (QED) is 0.922. The van der Waals surface area contributed by atoms with Gasteiger partial charge in [-0.1, -0.05) is 12.1 Å². The predicted octanol–water partition coefficient (Wildman–Crippen LogP) is 2.60. The van der Waals surface area contributed by atoms with Crippen molar-refractivity contribution in [3.8, 4) is 10.4 Å². The Morgan fingerprint density at radius 1 is 1.10 bits per heavy atom. The predicted molar refractivity (Wildman–Crippen MR) is 78.5 cm³/mol. The third-order valence-corrected chi connectivity index (χ3v) is 4.47. The van der Waals surface area contributed by atoms with Crippen molar-refractivity contribution in [3.63, 3.8) is 0 Å². The number of carbonyl (C=O) groups is 1. The van der Waals surface area contributed by atoms with Gasteiger partial charge in [-0.3, -0.25) is 4.79 Å². The number of benzene rings is 1. The molecule has 2 heterocycles. The molecule has 1 aromatic carbocycles. The van der Waals surface area contributed by atoms with Crippen LogP contribution in [0.4, 0.5) is 4.39 Å². The van der Waals surface area contributed by atoms with E-state index < -0.39 is 0 Å². The second kappa shape index (κ2) is 5.73. The van der Waals surface area contributed by atoms with E-state index in [1.54, 1.807) is 12.1 Å². The molecule has 20 heavy (non-hydrogen) atoms. The minimum absolute atomic E-state index is 0.0878. The molecule has 1 fully saturated rings. The van der Waals surface area contributed by atoms with Crippen LogP contribution in [0.25, 0.3) is 10.4 Å². The number of nitrogens with one attached hydrogen (secondary N) is 1. The Bertz CT molecular complexity index is 603. The van der Waals surface area contributed by atoms with Crippen LogP contribution in [0.1, 0.15) is 9.67 Å². The Hall–Kier alpha value is -1.72. The van der Waals surface area contributed by atoms with Gasteiger partial charge in [0, 0.05) is 31.1 Å². The Kier molecular flexibility index (Phi) is 3.80. The fraction of sp³-hybridized carbons (Fsp3) is 0.267. The average Bonchev–Trinajstić information content (AvgIpc) is 2.98. The van der Waals surface area contributed by atoms with E-state index in [9.17, 15) is 9.18 Å². The van der Waals surface area contributed by atoms with Gasteiger partial charge in [0.2, 0.25) is 0 Å². The van der Waals surface area contributed by atoms with Crippen molar-refractivity contribution in [3.05, 3.63) is 47.1 Å². The number of amides is 1. The molecule has 0 bridgehead atoms. The summed E-state index contributed by atoms with van der Waals surface area (Å²) < 4.78 is 12.9. The Labute approximate surface area is 121 Å². The highest BCUT2D eigenvalue weighted by Gasteiger charge is 2.19. The molecule has 5 heteroatoms. The molecule has 1 aliphatic rings. The van der Waals surface area contributed by atoms with E-state index in [2.05, 4.69) is 5.32 Å². The largest absolute Gasteiger partial charge is 0.335 e. The maximum atomic E-state index is 12.9. The highest BCUT2D eigenvalue weighted by atomic mass is 32.1. The molecular weight excluding hydrogens is 275 g/mol. The number of hydrogen-bond acceptors (Lipinski definition) is 3. The summed E-state index contributed by atoms with van der Waals surface area (Å²) in [7, 11) is 0. The third kappa shape index (κ3) is 2.73. The van der Waals surface area contributed by atoms with Crippen LogP contribution in [-0.2, 0) is 0 Å². The molecule has 1 amide bonds. The van der Waals surface area contributed by atoms with Gasteiger partial charge in [0.1, 0.15) is 5.82 Å². The Morgan fingerprint density at radius 2 is 1.80 bits per heavy atom. The maximum absolute atomic E-state index is 12.9. The fourth-order valence-corrected chi connectivity index (χ4v) is 3.23.